The summed E-state index contributed by atoms with van der Waals surface area (Å²) in [6, 6.07) is 6.52. The third-order valence-corrected chi connectivity index (χ3v) is 3.45. The molecular weight excluding hydrogens is 258 g/mol. The number of hydrogen-bond donors (Lipinski definition) is 1. The van der Waals surface area contributed by atoms with Crippen molar-refractivity contribution in [1.82, 2.24) is 9.55 Å². The van der Waals surface area contributed by atoms with Gasteiger partial charge in [-0.3, -0.25) is 4.98 Å². The number of hydrogen-bond acceptors (Lipinski definition) is 2. The first-order valence-electron chi connectivity index (χ1n) is 6.47. The van der Waals surface area contributed by atoms with Gasteiger partial charge in [-0.1, -0.05) is 6.92 Å². The van der Waals surface area contributed by atoms with Crippen LogP contribution < -0.4 is 5.73 Å². The molecule has 0 aliphatic rings. The van der Waals surface area contributed by atoms with Crippen LogP contribution in [0.1, 0.15) is 30.3 Å². The van der Waals surface area contributed by atoms with Crippen molar-refractivity contribution in [2.24, 2.45) is 5.73 Å². The van der Waals surface area contributed by atoms with Crippen LogP contribution >= 0.6 is 12.4 Å². The van der Waals surface area contributed by atoms with Crippen molar-refractivity contribution in [1.29, 1.82) is 0 Å². The van der Waals surface area contributed by atoms with Crippen LogP contribution in [0.2, 0.25) is 0 Å². The van der Waals surface area contributed by atoms with Gasteiger partial charge in [-0.2, -0.15) is 0 Å². The van der Waals surface area contributed by atoms with Gasteiger partial charge in [0, 0.05) is 23.6 Å². The van der Waals surface area contributed by atoms with E-state index < -0.39 is 0 Å². The smallest absolute Gasteiger partial charge is 0.0638 e. The van der Waals surface area contributed by atoms with Crippen LogP contribution in [0.15, 0.2) is 30.6 Å². The number of aryl methyl sites for hydroxylation is 1. The number of aromatic nitrogens is 2. The highest BCUT2D eigenvalue weighted by atomic mass is 35.5. The molecule has 0 bridgehead atoms. The number of rotatable bonds is 4. The second-order valence-corrected chi connectivity index (χ2v) is 4.82. The number of pyridine rings is 1. The third kappa shape index (κ3) is 3.37. The van der Waals surface area contributed by atoms with E-state index in [2.05, 4.69) is 42.5 Å². The first kappa shape index (κ1) is 15.7. The summed E-state index contributed by atoms with van der Waals surface area (Å²) in [5, 5.41) is 0. The van der Waals surface area contributed by atoms with Crippen LogP contribution in [-0.4, -0.2) is 15.6 Å². The van der Waals surface area contributed by atoms with Gasteiger partial charge in [0.25, 0.3) is 0 Å². The van der Waals surface area contributed by atoms with Crippen LogP contribution in [0, 0.1) is 13.8 Å². The molecule has 4 heteroatoms. The molecule has 3 nitrogen and oxygen atoms in total. The van der Waals surface area contributed by atoms with E-state index in [0.717, 1.165) is 18.5 Å². The Morgan fingerprint density at radius 2 is 2.11 bits per heavy atom. The molecule has 0 saturated carbocycles. The van der Waals surface area contributed by atoms with E-state index in [1.54, 1.807) is 6.20 Å². The summed E-state index contributed by atoms with van der Waals surface area (Å²) in [7, 11) is 0. The fourth-order valence-corrected chi connectivity index (χ4v) is 2.35. The van der Waals surface area contributed by atoms with Crippen LogP contribution in [0.4, 0.5) is 0 Å². The Hall–Kier alpha value is -1.32. The van der Waals surface area contributed by atoms with Crippen molar-refractivity contribution >= 4 is 12.4 Å². The predicted octanol–water partition coefficient (Wildman–Crippen LogP) is 3.19. The summed E-state index contributed by atoms with van der Waals surface area (Å²) >= 11 is 0. The SMILES string of the molecule is CCC(N)Cc1cc(C)n(-c2cccnc2)c1C.Cl. The van der Waals surface area contributed by atoms with Gasteiger partial charge in [-0.15, -0.1) is 12.4 Å². The zero-order valence-electron chi connectivity index (χ0n) is 11.8. The topological polar surface area (TPSA) is 43.8 Å². The second kappa shape index (κ2) is 6.73. The fraction of sp³-hybridized carbons (Fsp3) is 0.400. The molecule has 0 aromatic carbocycles. The molecule has 1 unspecified atom stereocenters. The predicted molar refractivity (Wildman–Crippen MR) is 82.3 cm³/mol. The average Bonchev–Trinajstić information content (AvgIpc) is 2.65. The fourth-order valence-electron chi connectivity index (χ4n) is 2.35. The van der Waals surface area contributed by atoms with Crippen molar-refractivity contribution < 1.29 is 0 Å². The van der Waals surface area contributed by atoms with E-state index in [4.69, 9.17) is 5.73 Å². The second-order valence-electron chi connectivity index (χ2n) is 4.82. The molecule has 0 radical (unpaired) electrons. The minimum absolute atomic E-state index is 0. The monoisotopic (exact) mass is 279 g/mol. The molecule has 0 spiro atoms. The molecule has 2 N–H and O–H groups in total. The molecule has 1 atom stereocenters. The Bertz CT molecular complexity index is 520. The molecule has 2 aromatic heterocycles. The standard InChI is InChI=1S/C15H21N3.ClH/c1-4-14(16)9-13-8-11(2)18(12(13)3)15-6-5-7-17-10-15;/h5-8,10,14H,4,9,16H2,1-3H3;1H. The Morgan fingerprint density at radius 1 is 1.37 bits per heavy atom. The third-order valence-electron chi connectivity index (χ3n) is 3.45. The summed E-state index contributed by atoms with van der Waals surface area (Å²) in [4.78, 5) is 4.18. The van der Waals surface area contributed by atoms with Crippen molar-refractivity contribution in [3.05, 3.63) is 47.5 Å². The zero-order valence-corrected chi connectivity index (χ0v) is 12.6. The van der Waals surface area contributed by atoms with E-state index >= 15 is 0 Å². The first-order chi connectivity index (χ1) is 8.63. The quantitative estimate of drug-likeness (QED) is 0.934. The van der Waals surface area contributed by atoms with E-state index in [9.17, 15) is 0 Å². The van der Waals surface area contributed by atoms with E-state index in [-0.39, 0.29) is 18.4 Å². The van der Waals surface area contributed by atoms with Crippen molar-refractivity contribution in [3.8, 4) is 5.69 Å². The maximum absolute atomic E-state index is 6.05. The molecule has 19 heavy (non-hydrogen) atoms. The number of nitrogens with zero attached hydrogens (tertiary/aromatic N) is 2. The molecule has 0 fully saturated rings. The van der Waals surface area contributed by atoms with Gasteiger partial charge in [0.1, 0.15) is 0 Å². The summed E-state index contributed by atoms with van der Waals surface area (Å²) in [6.07, 6.45) is 5.64. The van der Waals surface area contributed by atoms with Gasteiger partial charge in [0.2, 0.25) is 0 Å². The van der Waals surface area contributed by atoms with Gasteiger partial charge >= 0.3 is 0 Å². The Morgan fingerprint density at radius 3 is 2.68 bits per heavy atom. The Balaban J connectivity index is 0.00000180. The molecule has 0 aliphatic heterocycles. The summed E-state index contributed by atoms with van der Waals surface area (Å²) in [5.41, 5.74) is 11.0. The summed E-state index contributed by atoms with van der Waals surface area (Å²) in [5.74, 6) is 0. The number of halogens is 1. The Labute approximate surface area is 121 Å². The summed E-state index contributed by atoms with van der Waals surface area (Å²) < 4.78 is 2.24. The first-order valence-corrected chi connectivity index (χ1v) is 6.47. The maximum atomic E-state index is 6.05. The largest absolute Gasteiger partial charge is 0.327 e. The minimum atomic E-state index is 0. The normalized spacial score (nSPS) is 12.0. The molecule has 2 rings (SSSR count). The van der Waals surface area contributed by atoms with Gasteiger partial charge in [-0.25, -0.2) is 0 Å². The van der Waals surface area contributed by atoms with Crippen LogP contribution in [0.5, 0.6) is 0 Å². The zero-order chi connectivity index (χ0) is 13.1. The lowest BCUT2D eigenvalue weighted by atomic mass is 10.1. The van der Waals surface area contributed by atoms with Crippen LogP contribution in [-0.2, 0) is 6.42 Å². The van der Waals surface area contributed by atoms with E-state index in [0.29, 0.717) is 0 Å². The van der Waals surface area contributed by atoms with Crippen molar-refractivity contribution in [3.63, 3.8) is 0 Å². The molecule has 0 aliphatic carbocycles. The van der Waals surface area contributed by atoms with Crippen LogP contribution in [0.25, 0.3) is 5.69 Å². The Kier molecular flexibility index (Phi) is 5.58. The highest BCUT2D eigenvalue weighted by molar-refractivity contribution is 5.85. The van der Waals surface area contributed by atoms with E-state index in [1.807, 2.05) is 12.3 Å². The van der Waals surface area contributed by atoms with Crippen LogP contribution in [0.3, 0.4) is 0 Å². The lowest BCUT2D eigenvalue weighted by Gasteiger charge is -2.11. The van der Waals surface area contributed by atoms with Gasteiger partial charge < -0.3 is 10.3 Å². The summed E-state index contributed by atoms with van der Waals surface area (Å²) in [6.45, 7) is 6.41. The highest BCUT2D eigenvalue weighted by Gasteiger charge is 2.12. The molecule has 0 saturated heterocycles. The lowest BCUT2D eigenvalue weighted by molar-refractivity contribution is 0.644. The molecule has 104 valence electrons. The van der Waals surface area contributed by atoms with Gasteiger partial charge in [-0.05, 0) is 50.5 Å². The minimum Gasteiger partial charge on any atom is -0.327 e. The molecule has 2 aromatic rings. The molecule has 0 amide bonds. The van der Waals surface area contributed by atoms with E-state index in [1.165, 1.54) is 17.0 Å². The van der Waals surface area contributed by atoms with Gasteiger partial charge in [0.15, 0.2) is 0 Å². The highest BCUT2D eigenvalue weighted by Crippen LogP contribution is 2.21. The average molecular weight is 280 g/mol. The van der Waals surface area contributed by atoms with Gasteiger partial charge in [0.05, 0.1) is 11.9 Å². The molecule has 2 heterocycles. The van der Waals surface area contributed by atoms with Crippen molar-refractivity contribution in [2.75, 3.05) is 0 Å². The maximum Gasteiger partial charge on any atom is 0.0638 e. The number of nitrogens with two attached hydrogens (primary N) is 1. The van der Waals surface area contributed by atoms with Crippen molar-refractivity contribution in [2.45, 2.75) is 39.7 Å². The lowest BCUT2D eigenvalue weighted by Crippen LogP contribution is -2.21. The molecular formula is C15H22ClN3.